The van der Waals surface area contributed by atoms with Crippen LogP contribution in [0.15, 0.2) is 36.4 Å². The Morgan fingerprint density at radius 2 is 1.50 bits per heavy atom. The average Bonchev–Trinajstić information content (AvgIpc) is 2.64. The van der Waals surface area contributed by atoms with Gasteiger partial charge in [0.05, 0.1) is 7.05 Å². The molecule has 0 aliphatic carbocycles. The average molecular weight is 412 g/mol. The van der Waals surface area contributed by atoms with Gasteiger partial charge in [-0.1, -0.05) is 23.8 Å². The summed E-state index contributed by atoms with van der Waals surface area (Å²) in [5.41, 5.74) is 5.04. The topological polar surface area (TPSA) is 91.7 Å². The maximum absolute atomic E-state index is 12.4. The Kier molecular flexibility index (Phi) is 8.12. The maximum Gasteiger partial charge on any atom is 0.279 e. The molecule has 0 heterocycles. The molecule has 0 aliphatic heterocycles. The number of anilines is 2. The van der Waals surface area contributed by atoms with Gasteiger partial charge in [0.25, 0.3) is 17.7 Å². The number of hydrogen-bond donors (Lipinski definition) is 4. The van der Waals surface area contributed by atoms with Crippen molar-refractivity contribution in [2.45, 2.75) is 27.7 Å². The zero-order chi connectivity index (χ0) is 22.3. The predicted molar refractivity (Wildman–Crippen MR) is 119 cm³/mol. The van der Waals surface area contributed by atoms with Gasteiger partial charge in [0.1, 0.15) is 0 Å². The van der Waals surface area contributed by atoms with Crippen LogP contribution < -0.4 is 20.9 Å². The largest absolute Gasteiger partial charge is 0.352 e. The molecule has 0 saturated carbocycles. The fraction of sp³-hybridized carbons (Fsp3) is 0.348. The van der Waals surface area contributed by atoms with E-state index in [1.807, 2.05) is 39.8 Å². The van der Waals surface area contributed by atoms with Crippen molar-refractivity contribution in [1.29, 1.82) is 0 Å². The molecule has 2 aromatic carbocycles. The first-order chi connectivity index (χ1) is 14.2. The van der Waals surface area contributed by atoms with Crippen molar-refractivity contribution in [3.8, 4) is 0 Å². The first-order valence-corrected chi connectivity index (χ1v) is 10.1. The van der Waals surface area contributed by atoms with E-state index in [2.05, 4.69) is 16.0 Å². The van der Waals surface area contributed by atoms with Crippen molar-refractivity contribution in [1.82, 2.24) is 5.32 Å². The number of carbonyl (C=O) groups excluding carboxylic acids is 3. The number of benzene rings is 2. The van der Waals surface area contributed by atoms with E-state index >= 15 is 0 Å². The molecule has 7 heteroatoms. The molecule has 0 aliphatic rings. The first-order valence-electron chi connectivity index (χ1n) is 10.1. The van der Waals surface area contributed by atoms with E-state index in [1.165, 1.54) is 0 Å². The van der Waals surface area contributed by atoms with Crippen LogP contribution in [0.3, 0.4) is 0 Å². The molecule has 1 atom stereocenters. The molecule has 0 fully saturated rings. The highest BCUT2D eigenvalue weighted by molar-refractivity contribution is 5.97. The molecule has 160 valence electrons. The summed E-state index contributed by atoms with van der Waals surface area (Å²) in [5.74, 6) is -0.556. The Balaban J connectivity index is 1.90. The van der Waals surface area contributed by atoms with Crippen LogP contribution in [0.4, 0.5) is 11.4 Å². The number of quaternary nitrogens is 1. The summed E-state index contributed by atoms with van der Waals surface area (Å²) in [6.45, 7) is 8.63. The molecule has 30 heavy (non-hydrogen) atoms. The Morgan fingerprint density at radius 3 is 2.10 bits per heavy atom. The van der Waals surface area contributed by atoms with Gasteiger partial charge in [-0.3, -0.25) is 14.4 Å². The van der Waals surface area contributed by atoms with Gasteiger partial charge >= 0.3 is 0 Å². The molecule has 3 amide bonds. The number of amides is 3. The van der Waals surface area contributed by atoms with Crippen molar-refractivity contribution in [3.05, 3.63) is 58.7 Å². The molecule has 0 saturated heterocycles. The Morgan fingerprint density at radius 1 is 0.900 bits per heavy atom. The second-order valence-electron chi connectivity index (χ2n) is 7.62. The molecule has 2 rings (SSSR count). The lowest BCUT2D eigenvalue weighted by Crippen LogP contribution is -3.11. The molecular weight excluding hydrogens is 380 g/mol. The molecule has 0 bridgehead atoms. The number of aryl methyl sites for hydroxylation is 3. The Hall–Kier alpha value is -3.19. The SMILES string of the molecule is CCNC(=O)c1cccc(NC(=O)C[NH+](C)CC(=O)Nc2c(C)cc(C)cc2C)c1. The first kappa shape index (κ1) is 23.1. The Bertz CT molecular complexity index is 917. The van der Waals surface area contributed by atoms with Crippen molar-refractivity contribution < 1.29 is 19.3 Å². The van der Waals surface area contributed by atoms with E-state index in [-0.39, 0.29) is 30.8 Å². The third-order valence-corrected chi connectivity index (χ3v) is 4.61. The highest BCUT2D eigenvalue weighted by Gasteiger charge is 2.16. The van der Waals surface area contributed by atoms with Crippen molar-refractivity contribution in [3.63, 3.8) is 0 Å². The lowest BCUT2D eigenvalue weighted by Gasteiger charge is -2.16. The standard InChI is InChI=1S/C23H30N4O3/c1-6-24-23(30)18-8-7-9-19(12-18)25-20(28)13-27(5)14-21(29)26-22-16(3)10-15(2)11-17(22)4/h7-12H,6,13-14H2,1-5H3,(H,24,30)(H,25,28)(H,26,29)/p+1. The van der Waals surface area contributed by atoms with Gasteiger partial charge in [-0.05, 0) is 57.0 Å². The van der Waals surface area contributed by atoms with E-state index < -0.39 is 0 Å². The molecule has 1 unspecified atom stereocenters. The minimum Gasteiger partial charge on any atom is -0.352 e. The summed E-state index contributed by atoms with van der Waals surface area (Å²) >= 11 is 0. The summed E-state index contributed by atoms with van der Waals surface area (Å²) in [5, 5.41) is 8.47. The van der Waals surface area contributed by atoms with Gasteiger partial charge < -0.3 is 20.9 Å². The van der Waals surface area contributed by atoms with Gasteiger partial charge in [0.15, 0.2) is 13.1 Å². The molecule has 7 nitrogen and oxygen atoms in total. The fourth-order valence-corrected chi connectivity index (χ4v) is 3.38. The Labute approximate surface area is 177 Å². The highest BCUT2D eigenvalue weighted by atomic mass is 16.2. The molecule has 2 aromatic rings. The second kappa shape index (κ2) is 10.5. The zero-order valence-corrected chi connectivity index (χ0v) is 18.3. The lowest BCUT2D eigenvalue weighted by molar-refractivity contribution is -0.862. The van der Waals surface area contributed by atoms with Crippen LogP contribution in [0.1, 0.15) is 34.0 Å². The van der Waals surface area contributed by atoms with Crippen LogP contribution in [0.5, 0.6) is 0 Å². The van der Waals surface area contributed by atoms with Gasteiger partial charge in [0, 0.05) is 23.5 Å². The van der Waals surface area contributed by atoms with Crippen LogP contribution in [0, 0.1) is 20.8 Å². The number of rotatable bonds is 8. The van der Waals surface area contributed by atoms with Gasteiger partial charge in [0.2, 0.25) is 0 Å². The van der Waals surface area contributed by atoms with Crippen LogP contribution in [0.25, 0.3) is 0 Å². The summed E-state index contributed by atoms with van der Waals surface area (Å²) in [4.78, 5) is 37.5. The van der Waals surface area contributed by atoms with E-state index in [0.29, 0.717) is 17.8 Å². The van der Waals surface area contributed by atoms with Crippen molar-refractivity contribution in [2.24, 2.45) is 0 Å². The van der Waals surface area contributed by atoms with Crippen LogP contribution >= 0.6 is 0 Å². The minimum atomic E-state index is -0.226. The summed E-state index contributed by atoms with van der Waals surface area (Å²) in [6.07, 6.45) is 0. The number of carbonyl (C=O) groups is 3. The highest BCUT2D eigenvalue weighted by Crippen LogP contribution is 2.21. The van der Waals surface area contributed by atoms with Crippen LogP contribution in [-0.2, 0) is 9.59 Å². The summed E-state index contributed by atoms with van der Waals surface area (Å²) in [7, 11) is 1.79. The van der Waals surface area contributed by atoms with Gasteiger partial charge in [-0.15, -0.1) is 0 Å². The smallest absolute Gasteiger partial charge is 0.279 e. The fourth-order valence-electron chi connectivity index (χ4n) is 3.38. The summed E-state index contributed by atoms with van der Waals surface area (Å²) < 4.78 is 0. The maximum atomic E-state index is 12.4. The molecule has 0 spiro atoms. The normalized spacial score (nSPS) is 11.5. The predicted octanol–water partition coefficient (Wildman–Crippen LogP) is 1.45. The molecule has 0 radical (unpaired) electrons. The molecular formula is C23H31N4O3+. The van der Waals surface area contributed by atoms with Crippen molar-refractivity contribution in [2.75, 3.05) is 37.3 Å². The number of hydrogen-bond acceptors (Lipinski definition) is 3. The second-order valence-corrected chi connectivity index (χ2v) is 7.62. The monoisotopic (exact) mass is 411 g/mol. The van der Waals surface area contributed by atoms with Gasteiger partial charge in [-0.2, -0.15) is 0 Å². The quantitative estimate of drug-likeness (QED) is 0.530. The van der Waals surface area contributed by atoms with Crippen LogP contribution in [0.2, 0.25) is 0 Å². The number of nitrogens with one attached hydrogen (secondary N) is 4. The minimum absolute atomic E-state index is 0.130. The number of likely N-dealkylation sites (N-methyl/N-ethyl adjacent to an activating group) is 1. The van der Waals surface area contributed by atoms with E-state index in [0.717, 1.165) is 27.3 Å². The van der Waals surface area contributed by atoms with Gasteiger partial charge in [-0.25, -0.2) is 0 Å². The zero-order valence-electron chi connectivity index (χ0n) is 18.3. The van der Waals surface area contributed by atoms with E-state index in [9.17, 15) is 14.4 Å². The lowest BCUT2D eigenvalue weighted by atomic mass is 10.1. The van der Waals surface area contributed by atoms with Crippen LogP contribution in [-0.4, -0.2) is 44.4 Å². The third-order valence-electron chi connectivity index (χ3n) is 4.61. The summed E-state index contributed by atoms with van der Waals surface area (Å²) in [6, 6.07) is 10.8. The van der Waals surface area contributed by atoms with Crippen molar-refractivity contribution >= 4 is 29.1 Å². The van der Waals surface area contributed by atoms with E-state index in [4.69, 9.17) is 0 Å². The molecule has 4 N–H and O–H groups in total. The molecule has 0 aromatic heterocycles. The van der Waals surface area contributed by atoms with E-state index in [1.54, 1.807) is 31.3 Å². The third kappa shape index (κ3) is 6.70.